The Morgan fingerprint density at radius 2 is 1.25 bits per heavy atom. The smallest absolute Gasteiger partial charge is 0.0345 e. The minimum Gasteiger partial charge on any atom is -0.170 e. The van der Waals surface area contributed by atoms with Gasteiger partial charge in [-0.1, -0.05) is 12.2 Å². The highest BCUT2D eigenvalue weighted by Crippen LogP contribution is 2.09. The van der Waals surface area contributed by atoms with Crippen LogP contribution in [-0.4, -0.2) is 10.5 Å². The maximum Gasteiger partial charge on any atom is 0.0345 e. The molecule has 2 atom stereocenters. The highest BCUT2D eigenvalue weighted by Gasteiger charge is 2.03. The van der Waals surface area contributed by atoms with E-state index in [-0.39, 0.29) is 10.5 Å². The van der Waals surface area contributed by atoms with E-state index >= 15 is 0 Å². The Labute approximate surface area is 61.5 Å². The molecular formula is C6H10S2. The van der Waals surface area contributed by atoms with E-state index in [2.05, 4.69) is 38.4 Å². The molecule has 0 spiro atoms. The molecule has 0 rings (SSSR count). The Bertz CT molecular complexity index is 76.5. The average Bonchev–Trinajstić information content (AvgIpc) is 1.84. The van der Waals surface area contributed by atoms with Crippen molar-refractivity contribution in [3.8, 4) is 0 Å². The average molecular weight is 146 g/mol. The number of hydrogen-bond donors (Lipinski definition) is 2. The van der Waals surface area contributed by atoms with Gasteiger partial charge < -0.3 is 0 Å². The van der Waals surface area contributed by atoms with Crippen LogP contribution in [0.4, 0.5) is 0 Å². The summed E-state index contributed by atoms with van der Waals surface area (Å²) in [5.74, 6) is 0. The second-order valence-electron chi connectivity index (χ2n) is 1.45. The van der Waals surface area contributed by atoms with Gasteiger partial charge in [-0.2, -0.15) is 25.3 Å². The van der Waals surface area contributed by atoms with E-state index in [1.54, 1.807) is 12.2 Å². The summed E-state index contributed by atoms with van der Waals surface area (Å²) < 4.78 is 0. The fourth-order valence-corrected chi connectivity index (χ4v) is 0.522. The molecule has 0 saturated carbocycles. The minimum atomic E-state index is 0.121. The van der Waals surface area contributed by atoms with Crippen LogP contribution in [0.15, 0.2) is 25.3 Å². The Morgan fingerprint density at radius 3 is 1.38 bits per heavy atom. The molecule has 2 heteroatoms. The maximum atomic E-state index is 4.14. The van der Waals surface area contributed by atoms with Crippen LogP contribution in [0, 0.1) is 0 Å². The van der Waals surface area contributed by atoms with Gasteiger partial charge in [-0.3, -0.25) is 0 Å². The molecule has 0 heterocycles. The van der Waals surface area contributed by atoms with Crippen LogP contribution in [0.1, 0.15) is 0 Å². The number of rotatable bonds is 3. The van der Waals surface area contributed by atoms with Gasteiger partial charge in [-0.05, 0) is 0 Å². The Kier molecular flexibility index (Phi) is 4.19. The lowest BCUT2D eigenvalue weighted by Crippen LogP contribution is -2.07. The molecule has 0 aromatic heterocycles. The van der Waals surface area contributed by atoms with Crippen LogP contribution in [0.3, 0.4) is 0 Å². The third-order valence-electron chi connectivity index (χ3n) is 0.833. The molecule has 0 amide bonds. The summed E-state index contributed by atoms with van der Waals surface area (Å²) in [6, 6.07) is 0. The van der Waals surface area contributed by atoms with Crippen molar-refractivity contribution in [2.75, 3.05) is 0 Å². The molecule has 2 unspecified atom stereocenters. The molecule has 0 aliphatic rings. The van der Waals surface area contributed by atoms with Crippen molar-refractivity contribution < 1.29 is 0 Å². The summed E-state index contributed by atoms with van der Waals surface area (Å²) in [5, 5.41) is 0.242. The molecule has 0 bridgehead atoms. The normalized spacial score (nSPS) is 16.8. The van der Waals surface area contributed by atoms with Gasteiger partial charge in [0.15, 0.2) is 0 Å². The van der Waals surface area contributed by atoms with Gasteiger partial charge in [0.25, 0.3) is 0 Å². The van der Waals surface area contributed by atoms with Crippen molar-refractivity contribution in [1.29, 1.82) is 0 Å². The third kappa shape index (κ3) is 2.48. The van der Waals surface area contributed by atoms with Gasteiger partial charge in [-0.15, -0.1) is 13.2 Å². The zero-order chi connectivity index (χ0) is 6.57. The predicted octanol–water partition coefficient (Wildman–Crippen LogP) is 1.96. The summed E-state index contributed by atoms with van der Waals surface area (Å²) >= 11 is 8.28. The van der Waals surface area contributed by atoms with Crippen molar-refractivity contribution in [3.63, 3.8) is 0 Å². The molecule has 0 fully saturated rings. The first kappa shape index (κ1) is 8.18. The van der Waals surface area contributed by atoms with Crippen LogP contribution in [0.2, 0.25) is 0 Å². The molecule has 8 heavy (non-hydrogen) atoms. The quantitative estimate of drug-likeness (QED) is 0.441. The van der Waals surface area contributed by atoms with E-state index in [0.29, 0.717) is 0 Å². The molecule has 0 aromatic rings. The molecule has 46 valence electrons. The summed E-state index contributed by atoms with van der Waals surface area (Å²) in [6.07, 6.45) is 3.48. The van der Waals surface area contributed by atoms with Gasteiger partial charge in [0.2, 0.25) is 0 Å². The first-order valence-electron chi connectivity index (χ1n) is 2.33. The van der Waals surface area contributed by atoms with E-state index in [0.717, 1.165) is 0 Å². The zero-order valence-electron chi connectivity index (χ0n) is 4.62. The van der Waals surface area contributed by atoms with Gasteiger partial charge >= 0.3 is 0 Å². The Morgan fingerprint density at radius 1 is 1.00 bits per heavy atom. The van der Waals surface area contributed by atoms with Crippen molar-refractivity contribution in [2.24, 2.45) is 0 Å². The monoisotopic (exact) mass is 146 g/mol. The summed E-state index contributed by atoms with van der Waals surface area (Å²) in [7, 11) is 0. The lowest BCUT2D eigenvalue weighted by Gasteiger charge is -2.07. The van der Waals surface area contributed by atoms with E-state index < -0.39 is 0 Å². The summed E-state index contributed by atoms with van der Waals surface area (Å²) in [5.41, 5.74) is 0. The van der Waals surface area contributed by atoms with Crippen molar-refractivity contribution in [1.82, 2.24) is 0 Å². The van der Waals surface area contributed by atoms with Crippen LogP contribution >= 0.6 is 25.3 Å². The largest absolute Gasteiger partial charge is 0.170 e. The standard InChI is InChI=1S/C6H10S2/c1-3-5(7)6(8)4-2/h3-8H,1-2H2. The van der Waals surface area contributed by atoms with Crippen molar-refractivity contribution in [3.05, 3.63) is 25.3 Å². The molecule has 0 aliphatic carbocycles. The van der Waals surface area contributed by atoms with Crippen LogP contribution in [0.25, 0.3) is 0 Å². The first-order chi connectivity index (χ1) is 3.72. The molecule has 0 saturated heterocycles. The van der Waals surface area contributed by atoms with Crippen LogP contribution < -0.4 is 0 Å². The first-order valence-corrected chi connectivity index (χ1v) is 3.37. The molecule has 0 radical (unpaired) electrons. The Balaban J connectivity index is 3.60. The third-order valence-corrected chi connectivity index (χ3v) is 2.13. The number of hydrogen-bond acceptors (Lipinski definition) is 2. The molecule has 0 nitrogen and oxygen atoms in total. The maximum absolute atomic E-state index is 4.14. The van der Waals surface area contributed by atoms with Crippen LogP contribution in [-0.2, 0) is 0 Å². The second kappa shape index (κ2) is 4.10. The van der Waals surface area contributed by atoms with E-state index in [4.69, 9.17) is 0 Å². The van der Waals surface area contributed by atoms with Gasteiger partial charge in [0.1, 0.15) is 0 Å². The molecule has 0 aromatic carbocycles. The summed E-state index contributed by atoms with van der Waals surface area (Å²) in [4.78, 5) is 0. The lowest BCUT2D eigenvalue weighted by atomic mass is 10.3. The van der Waals surface area contributed by atoms with Gasteiger partial charge in [-0.25, -0.2) is 0 Å². The molecular weight excluding hydrogens is 136 g/mol. The van der Waals surface area contributed by atoms with Crippen molar-refractivity contribution in [2.45, 2.75) is 10.5 Å². The topological polar surface area (TPSA) is 0 Å². The van der Waals surface area contributed by atoms with Crippen molar-refractivity contribution >= 4 is 25.3 Å². The fourth-order valence-electron chi connectivity index (χ4n) is 0.279. The lowest BCUT2D eigenvalue weighted by molar-refractivity contribution is 1.12. The highest BCUT2D eigenvalue weighted by molar-refractivity contribution is 7.85. The minimum absolute atomic E-state index is 0.121. The molecule has 0 aliphatic heterocycles. The van der Waals surface area contributed by atoms with E-state index in [1.807, 2.05) is 0 Å². The van der Waals surface area contributed by atoms with Crippen LogP contribution in [0.5, 0.6) is 0 Å². The fraction of sp³-hybridized carbons (Fsp3) is 0.333. The van der Waals surface area contributed by atoms with E-state index in [9.17, 15) is 0 Å². The van der Waals surface area contributed by atoms with Gasteiger partial charge in [0.05, 0.1) is 0 Å². The van der Waals surface area contributed by atoms with E-state index in [1.165, 1.54) is 0 Å². The SMILES string of the molecule is C=CC(S)C(S)C=C. The Hall–Kier alpha value is 0.180. The number of thiol groups is 2. The highest BCUT2D eigenvalue weighted by atomic mass is 32.1. The van der Waals surface area contributed by atoms with Gasteiger partial charge in [0, 0.05) is 10.5 Å². The zero-order valence-corrected chi connectivity index (χ0v) is 6.41. The second-order valence-corrected chi connectivity index (χ2v) is 2.65. The summed E-state index contributed by atoms with van der Waals surface area (Å²) in [6.45, 7) is 7.11. The predicted molar refractivity (Wildman–Crippen MR) is 45.9 cm³/mol. The molecule has 0 N–H and O–H groups in total.